The molecule has 0 aromatic carbocycles. The number of hydrogen-bond acceptors (Lipinski definition) is 2. The first-order valence-electron chi connectivity index (χ1n) is 8.34. The number of fused-ring (bicyclic) bond motifs is 2. The van der Waals surface area contributed by atoms with Gasteiger partial charge < -0.3 is 5.32 Å². The van der Waals surface area contributed by atoms with Crippen LogP contribution in [-0.2, 0) is 0 Å². The molecule has 1 N–H and O–H groups in total. The predicted octanol–water partition coefficient (Wildman–Crippen LogP) is 3.03. The molecule has 3 rings (SSSR count). The van der Waals surface area contributed by atoms with Gasteiger partial charge in [-0.05, 0) is 50.5 Å². The third kappa shape index (κ3) is 2.75. The second-order valence-corrected chi connectivity index (χ2v) is 6.87. The van der Waals surface area contributed by atoms with Crippen LogP contribution in [0.4, 0.5) is 0 Å². The van der Waals surface area contributed by atoms with E-state index in [0.29, 0.717) is 0 Å². The number of rotatable bonds is 3. The van der Waals surface area contributed by atoms with Gasteiger partial charge in [0.1, 0.15) is 0 Å². The van der Waals surface area contributed by atoms with Crippen LogP contribution in [0, 0.1) is 11.8 Å². The average Bonchev–Trinajstić information content (AvgIpc) is 2.39. The summed E-state index contributed by atoms with van der Waals surface area (Å²) in [5, 5.41) is 3.76. The van der Waals surface area contributed by atoms with Crippen molar-refractivity contribution in [3.63, 3.8) is 0 Å². The van der Waals surface area contributed by atoms with Gasteiger partial charge in [-0.2, -0.15) is 0 Å². The van der Waals surface area contributed by atoms with E-state index >= 15 is 0 Å². The van der Waals surface area contributed by atoms with E-state index in [2.05, 4.69) is 17.1 Å². The van der Waals surface area contributed by atoms with E-state index in [-0.39, 0.29) is 0 Å². The lowest BCUT2D eigenvalue weighted by atomic mass is 9.76. The van der Waals surface area contributed by atoms with Gasteiger partial charge in [-0.15, -0.1) is 0 Å². The maximum atomic E-state index is 3.76. The van der Waals surface area contributed by atoms with Crippen LogP contribution < -0.4 is 5.32 Å². The minimum Gasteiger partial charge on any atom is -0.313 e. The van der Waals surface area contributed by atoms with Gasteiger partial charge in [0.2, 0.25) is 0 Å². The van der Waals surface area contributed by atoms with E-state index in [1.54, 1.807) is 0 Å². The minimum atomic E-state index is 0.780. The molecule has 0 aromatic heterocycles. The summed E-state index contributed by atoms with van der Waals surface area (Å²) in [6, 6.07) is 1.63. The van der Waals surface area contributed by atoms with Crippen molar-refractivity contribution in [1.82, 2.24) is 10.2 Å². The highest BCUT2D eigenvalue weighted by molar-refractivity contribution is 4.93. The fourth-order valence-corrected chi connectivity index (χ4v) is 4.79. The Hall–Kier alpha value is -0.0800. The van der Waals surface area contributed by atoms with E-state index in [4.69, 9.17) is 0 Å². The topological polar surface area (TPSA) is 15.3 Å². The summed E-state index contributed by atoms with van der Waals surface area (Å²) in [7, 11) is 0. The number of piperidine rings is 1. The Balaban J connectivity index is 1.64. The lowest BCUT2D eigenvalue weighted by Crippen LogP contribution is -2.56. The Morgan fingerprint density at radius 2 is 1.67 bits per heavy atom. The largest absolute Gasteiger partial charge is 0.313 e. The Morgan fingerprint density at radius 3 is 2.39 bits per heavy atom. The molecule has 1 heterocycles. The zero-order chi connectivity index (χ0) is 12.4. The third-order valence-electron chi connectivity index (χ3n) is 5.54. The van der Waals surface area contributed by atoms with Crippen molar-refractivity contribution < 1.29 is 0 Å². The summed E-state index contributed by atoms with van der Waals surface area (Å²) in [4.78, 5) is 2.88. The molecule has 0 aromatic rings. The van der Waals surface area contributed by atoms with Crippen LogP contribution in [0.15, 0.2) is 0 Å². The Morgan fingerprint density at radius 1 is 0.944 bits per heavy atom. The van der Waals surface area contributed by atoms with Gasteiger partial charge in [-0.3, -0.25) is 4.90 Å². The standard InChI is InChI=1S/C16H30N2/c1-2-17-15-8-3-4-9-16(15)18-11-13-6-5-7-14(10-13)12-18/h13-17H,2-12H2,1H3. The molecule has 3 aliphatic rings. The van der Waals surface area contributed by atoms with Crippen molar-refractivity contribution in [1.29, 1.82) is 0 Å². The zero-order valence-corrected chi connectivity index (χ0v) is 12.0. The predicted molar refractivity (Wildman–Crippen MR) is 76.7 cm³/mol. The van der Waals surface area contributed by atoms with Crippen LogP contribution in [0.25, 0.3) is 0 Å². The van der Waals surface area contributed by atoms with Crippen molar-refractivity contribution >= 4 is 0 Å². The summed E-state index contributed by atoms with van der Waals surface area (Å²) < 4.78 is 0. The third-order valence-corrected chi connectivity index (χ3v) is 5.54. The van der Waals surface area contributed by atoms with Crippen molar-refractivity contribution in [2.24, 2.45) is 11.8 Å². The van der Waals surface area contributed by atoms with Crippen molar-refractivity contribution in [3.8, 4) is 0 Å². The van der Waals surface area contributed by atoms with Crippen LogP contribution >= 0.6 is 0 Å². The molecule has 0 radical (unpaired) electrons. The summed E-state index contributed by atoms with van der Waals surface area (Å²) >= 11 is 0. The highest BCUT2D eigenvalue weighted by Gasteiger charge is 2.36. The number of likely N-dealkylation sites (tertiary alicyclic amines) is 1. The van der Waals surface area contributed by atoms with E-state index in [0.717, 1.165) is 30.5 Å². The molecule has 2 bridgehead atoms. The molecular formula is C16H30N2. The second kappa shape index (κ2) is 5.92. The molecule has 2 nitrogen and oxygen atoms in total. The molecule has 0 amide bonds. The van der Waals surface area contributed by atoms with Gasteiger partial charge in [-0.1, -0.05) is 26.2 Å². The van der Waals surface area contributed by atoms with Gasteiger partial charge in [0, 0.05) is 25.2 Å². The SMILES string of the molecule is CCNC1CCCCC1N1CC2CCCC(C2)C1. The molecule has 1 saturated heterocycles. The van der Waals surface area contributed by atoms with Gasteiger partial charge in [0.15, 0.2) is 0 Å². The fraction of sp³-hybridized carbons (Fsp3) is 1.00. The van der Waals surface area contributed by atoms with E-state index in [1.807, 2.05) is 0 Å². The minimum absolute atomic E-state index is 0.780. The van der Waals surface area contributed by atoms with E-state index in [9.17, 15) is 0 Å². The normalized spacial score (nSPS) is 41.8. The van der Waals surface area contributed by atoms with Crippen LogP contribution in [0.3, 0.4) is 0 Å². The summed E-state index contributed by atoms with van der Waals surface area (Å²) in [5.74, 6) is 2.06. The van der Waals surface area contributed by atoms with Gasteiger partial charge >= 0.3 is 0 Å². The highest BCUT2D eigenvalue weighted by atomic mass is 15.2. The Labute approximate surface area is 113 Å². The summed E-state index contributed by atoms with van der Waals surface area (Å²) in [5.41, 5.74) is 0. The molecule has 3 fully saturated rings. The quantitative estimate of drug-likeness (QED) is 0.828. The number of hydrogen-bond donors (Lipinski definition) is 1. The molecule has 1 aliphatic heterocycles. The molecule has 4 atom stereocenters. The first kappa shape index (κ1) is 12.9. The van der Waals surface area contributed by atoms with Gasteiger partial charge in [0.05, 0.1) is 0 Å². The molecule has 4 unspecified atom stereocenters. The Bertz CT molecular complexity index is 252. The number of nitrogens with one attached hydrogen (secondary N) is 1. The van der Waals surface area contributed by atoms with E-state index < -0.39 is 0 Å². The number of nitrogens with zero attached hydrogens (tertiary/aromatic N) is 1. The van der Waals surface area contributed by atoms with Crippen LogP contribution in [-0.4, -0.2) is 36.6 Å². The van der Waals surface area contributed by atoms with Crippen LogP contribution in [0.1, 0.15) is 58.3 Å². The lowest BCUT2D eigenvalue weighted by Gasteiger charge is -2.48. The zero-order valence-electron chi connectivity index (χ0n) is 12.0. The molecule has 0 spiro atoms. The van der Waals surface area contributed by atoms with Crippen molar-refractivity contribution in [2.45, 2.75) is 70.4 Å². The fourth-order valence-electron chi connectivity index (χ4n) is 4.79. The molecule has 2 heteroatoms. The summed E-state index contributed by atoms with van der Waals surface area (Å²) in [6.45, 7) is 6.21. The Kier molecular flexibility index (Phi) is 4.25. The maximum absolute atomic E-state index is 3.76. The number of likely N-dealkylation sites (N-methyl/N-ethyl adjacent to an activating group) is 1. The summed E-state index contributed by atoms with van der Waals surface area (Å²) in [6.07, 6.45) is 11.8. The second-order valence-electron chi connectivity index (χ2n) is 6.87. The van der Waals surface area contributed by atoms with Crippen molar-refractivity contribution in [2.75, 3.05) is 19.6 Å². The molecule has 2 saturated carbocycles. The van der Waals surface area contributed by atoms with Crippen molar-refractivity contribution in [3.05, 3.63) is 0 Å². The van der Waals surface area contributed by atoms with Gasteiger partial charge in [-0.25, -0.2) is 0 Å². The average molecular weight is 250 g/mol. The lowest BCUT2D eigenvalue weighted by molar-refractivity contribution is 0.0264. The first-order valence-corrected chi connectivity index (χ1v) is 8.34. The molecule has 2 aliphatic carbocycles. The highest BCUT2D eigenvalue weighted by Crippen LogP contribution is 2.37. The molecular weight excluding hydrogens is 220 g/mol. The molecule has 18 heavy (non-hydrogen) atoms. The van der Waals surface area contributed by atoms with Crippen LogP contribution in [0.2, 0.25) is 0 Å². The van der Waals surface area contributed by atoms with E-state index in [1.165, 1.54) is 64.5 Å². The maximum Gasteiger partial charge on any atom is 0.0249 e. The first-order chi connectivity index (χ1) is 8.86. The van der Waals surface area contributed by atoms with Crippen LogP contribution in [0.5, 0.6) is 0 Å². The monoisotopic (exact) mass is 250 g/mol. The van der Waals surface area contributed by atoms with Gasteiger partial charge in [0.25, 0.3) is 0 Å². The smallest absolute Gasteiger partial charge is 0.0249 e. The molecule has 104 valence electrons.